The number of amides is 1. The number of ether oxygens (including phenoxy) is 1. The number of imidazole rings is 1. The van der Waals surface area contributed by atoms with Crippen LogP contribution in [0, 0.1) is 0 Å². The number of methoxy groups -OCH3 is 1. The molecule has 0 fully saturated rings. The number of carbonyl (C=O) groups excluding carboxylic acids is 1. The highest BCUT2D eigenvalue weighted by molar-refractivity contribution is 7.16. The Hall–Kier alpha value is -3.46. The minimum atomic E-state index is -0.535. The van der Waals surface area contributed by atoms with E-state index < -0.39 is 6.04 Å². The highest BCUT2D eigenvalue weighted by Gasteiger charge is 2.24. The summed E-state index contributed by atoms with van der Waals surface area (Å²) in [4.78, 5) is 34.7. The Bertz CT molecular complexity index is 1230. The molecule has 3 aromatic heterocycles. The maximum atomic E-state index is 12.9. The van der Waals surface area contributed by atoms with E-state index in [2.05, 4.69) is 15.3 Å². The number of hydrogen-bond donors (Lipinski definition) is 1. The fourth-order valence-corrected chi connectivity index (χ4v) is 3.93. The molecule has 1 atom stereocenters. The lowest BCUT2D eigenvalue weighted by Crippen LogP contribution is -2.36. The van der Waals surface area contributed by atoms with E-state index in [9.17, 15) is 9.59 Å². The molecular formula is C20H19N5O3S. The molecule has 0 saturated heterocycles. The summed E-state index contributed by atoms with van der Waals surface area (Å²) in [5.74, 6) is 0.961. The minimum Gasteiger partial charge on any atom is -0.496 e. The fourth-order valence-electron chi connectivity index (χ4n) is 3.21. The van der Waals surface area contributed by atoms with Crippen LogP contribution in [0.25, 0.3) is 10.2 Å². The van der Waals surface area contributed by atoms with Crippen molar-refractivity contribution in [3.63, 3.8) is 0 Å². The Morgan fingerprint density at radius 3 is 2.86 bits per heavy atom. The topological polar surface area (TPSA) is 91.0 Å². The second-order valence-corrected chi connectivity index (χ2v) is 7.35. The molecule has 4 rings (SSSR count). The van der Waals surface area contributed by atoms with E-state index in [1.807, 2.05) is 47.5 Å². The van der Waals surface area contributed by atoms with Crippen LogP contribution in [-0.2, 0) is 18.4 Å². The highest BCUT2D eigenvalue weighted by atomic mass is 32.1. The molecule has 0 bridgehead atoms. The maximum Gasteiger partial charge on any atom is 0.262 e. The molecule has 0 spiro atoms. The first-order chi connectivity index (χ1) is 14.1. The number of nitrogens with one attached hydrogen (secondary N) is 1. The van der Waals surface area contributed by atoms with Crippen molar-refractivity contribution >= 4 is 27.5 Å². The summed E-state index contributed by atoms with van der Waals surface area (Å²) in [6.45, 7) is -0.145. The zero-order valence-electron chi connectivity index (χ0n) is 15.9. The van der Waals surface area contributed by atoms with E-state index in [1.165, 1.54) is 22.2 Å². The van der Waals surface area contributed by atoms with Gasteiger partial charge in [0.25, 0.3) is 5.56 Å². The van der Waals surface area contributed by atoms with Gasteiger partial charge in [-0.05, 0) is 17.5 Å². The monoisotopic (exact) mass is 409 g/mol. The number of nitrogens with zero attached hydrogens (tertiary/aromatic N) is 4. The van der Waals surface area contributed by atoms with Crippen LogP contribution in [0.3, 0.4) is 0 Å². The molecule has 8 nitrogen and oxygen atoms in total. The molecule has 1 aromatic carbocycles. The van der Waals surface area contributed by atoms with E-state index in [-0.39, 0.29) is 18.0 Å². The van der Waals surface area contributed by atoms with E-state index >= 15 is 0 Å². The van der Waals surface area contributed by atoms with Crippen LogP contribution in [0.15, 0.2) is 59.2 Å². The number of benzene rings is 1. The second-order valence-electron chi connectivity index (χ2n) is 6.46. The Morgan fingerprint density at radius 1 is 1.28 bits per heavy atom. The summed E-state index contributed by atoms with van der Waals surface area (Å²) >= 11 is 1.39. The Kier molecular flexibility index (Phi) is 5.13. The number of para-hydroxylation sites is 1. The van der Waals surface area contributed by atoms with Crippen LogP contribution in [0.4, 0.5) is 0 Å². The van der Waals surface area contributed by atoms with Gasteiger partial charge in [-0.1, -0.05) is 18.2 Å². The predicted molar refractivity (Wildman–Crippen MR) is 110 cm³/mol. The normalized spacial score (nSPS) is 12.1. The van der Waals surface area contributed by atoms with Crippen LogP contribution in [0.1, 0.15) is 17.4 Å². The third-order valence-corrected chi connectivity index (χ3v) is 5.46. The predicted octanol–water partition coefficient (Wildman–Crippen LogP) is 2.11. The van der Waals surface area contributed by atoms with Crippen LogP contribution in [0.2, 0.25) is 0 Å². The zero-order chi connectivity index (χ0) is 20.4. The van der Waals surface area contributed by atoms with Gasteiger partial charge in [0, 0.05) is 25.0 Å². The molecule has 9 heteroatoms. The van der Waals surface area contributed by atoms with Gasteiger partial charge in [-0.3, -0.25) is 14.2 Å². The fraction of sp³-hybridized carbons (Fsp3) is 0.200. The van der Waals surface area contributed by atoms with Crippen molar-refractivity contribution in [2.75, 3.05) is 7.11 Å². The first-order valence-corrected chi connectivity index (χ1v) is 9.78. The molecule has 3 heterocycles. The van der Waals surface area contributed by atoms with Gasteiger partial charge in [-0.15, -0.1) is 11.3 Å². The zero-order valence-corrected chi connectivity index (χ0v) is 16.7. The molecule has 148 valence electrons. The molecule has 0 radical (unpaired) electrons. The third kappa shape index (κ3) is 3.64. The van der Waals surface area contributed by atoms with Gasteiger partial charge in [-0.2, -0.15) is 0 Å². The van der Waals surface area contributed by atoms with Gasteiger partial charge in [0.05, 0.1) is 18.8 Å². The van der Waals surface area contributed by atoms with Crippen LogP contribution < -0.4 is 15.6 Å². The molecule has 0 aliphatic heterocycles. The number of carbonyl (C=O) groups is 1. The third-order valence-electron chi connectivity index (χ3n) is 4.64. The number of thiophene rings is 1. The summed E-state index contributed by atoms with van der Waals surface area (Å²) < 4.78 is 8.61. The summed E-state index contributed by atoms with van der Waals surface area (Å²) in [6.07, 6.45) is 4.88. The molecule has 4 aromatic rings. The van der Waals surface area contributed by atoms with Crippen molar-refractivity contribution in [2.45, 2.75) is 12.6 Å². The van der Waals surface area contributed by atoms with Gasteiger partial charge in [0.1, 0.15) is 29.0 Å². The van der Waals surface area contributed by atoms with Crippen LogP contribution in [-0.4, -0.2) is 32.1 Å². The lowest BCUT2D eigenvalue weighted by Gasteiger charge is -2.21. The van der Waals surface area contributed by atoms with Gasteiger partial charge in [0.2, 0.25) is 5.91 Å². The lowest BCUT2D eigenvalue weighted by atomic mass is 10.0. The van der Waals surface area contributed by atoms with Crippen molar-refractivity contribution in [3.8, 4) is 5.75 Å². The Morgan fingerprint density at radius 2 is 2.10 bits per heavy atom. The number of fused-ring (bicyclic) bond motifs is 1. The Balaban J connectivity index is 1.65. The molecule has 0 saturated carbocycles. The Labute approximate surface area is 170 Å². The van der Waals surface area contributed by atoms with Crippen LogP contribution in [0.5, 0.6) is 5.75 Å². The van der Waals surface area contributed by atoms with Crippen molar-refractivity contribution in [3.05, 3.63) is 76.2 Å². The largest absolute Gasteiger partial charge is 0.496 e. The van der Waals surface area contributed by atoms with Crippen molar-refractivity contribution < 1.29 is 9.53 Å². The van der Waals surface area contributed by atoms with Gasteiger partial charge < -0.3 is 14.6 Å². The molecule has 1 unspecified atom stereocenters. The first-order valence-electron chi connectivity index (χ1n) is 8.90. The molecule has 1 amide bonds. The lowest BCUT2D eigenvalue weighted by molar-refractivity contribution is -0.122. The van der Waals surface area contributed by atoms with Gasteiger partial charge in [-0.25, -0.2) is 9.97 Å². The standard InChI is InChI=1S/C20H19N5O3S/c1-24-9-8-21-18(24)17(13-5-3-4-6-15(13)28-2)23-16(26)11-25-12-22-19-14(20(25)27)7-10-29-19/h3-10,12,17H,11H2,1-2H3,(H,23,26). The molecule has 29 heavy (non-hydrogen) atoms. The average molecular weight is 409 g/mol. The minimum absolute atomic E-state index is 0.145. The number of aryl methyl sites for hydroxylation is 1. The van der Waals surface area contributed by atoms with Crippen molar-refractivity contribution in [1.29, 1.82) is 0 Å². The molecular weight excluding hydrogens is 390 g/mol. The number of rotatable bonds is 6. The highest BCUT2D eigenvalue weighted by Crippen LogP contribution is 2.29. The quantitative estimate of drug-likeness (QED) is 0.527. The van der Waals surface area contributed by atoms with Gasteiger partial charge in [0.15, 0.2) is 0 Å². The average Bonchev–Trinajstić information content (AvgIpc) is 3.37. The van der Waals surface area contributed by atoms with E-state index in [4.69, 9.17) is 4.74 Å². The first kappa shape index (κ1) is 18.9. The maximum absolute atomic E-state index is 12.9. The SMILES string of the molecule is COc1ccccc1C(NC(=O)Cn1cnc2sccc2c1=O)c1nccn1C. The van der Waals surface area contributed by atoms with E-state index in [0.717, 1.165) is 5.56 Å². The molecule has 0 aliphatic carbocycles. The number of hydrogen-bond acceptors (Lipinski definition) is 6. The van der Waals surface area contributed by atoms with Gasteiger partial charge >= 0.3 is 0 Å². The van der Waals surface area contributed by atoms with E-state index in [1.54, 1.807) is 19.4 Å². The smallest absolute Gasteiger partial charge is 0.262 e. The summed E-state index contributed by atoms with van der Waals surface area (Å²) in [5, 5.41) is 5.30. The summed E-state index contributed by atoms with van der Waals surface area (Å²) in [6, 6.07) is 8.63. The number of aromatic nitrogens is 4. The molecule has 1 N–H and O–H groups in total. The summed E-state index contributed by atoms with van der Waals surface area (Å²) in [5.41, 5.74) is 0.536. The summed E-state index contributed by atoms with van der Waals surface area (Å²) in [7, 11) is 3.44. The second kappa shape index (κ2) is 7.88. The van der Waals surface area contributed by atoms with E-state index in [0.29, 0.717) is 21.8 Å². The van der Waals surface area contributed by atoms with Crippen LogP contribution >= 0.6 is 11.3 Å². The molecule has 0 aliphatic rings. The van der Waals surface area contributed by atoms with Crippen molar-refractivity contribution in [2.24, 2.45) is 7.05 Å². The van der Waals surface area contributed by atoms with Crippen molar-refractivity contribution in [1.82, 2.24) is 24.4 Å².